The van der Waals surface area contributed by atoms with E-state index in [1.54, 1.807) is 10.6 Å². The van der Waals surface area contributed by atoms with Gasteiger partial charge in [-0.25, -0.2) is 4.79 Å². The minimum Gasteiger partial charge on any atom is -0.478 e. The maximum atomic E-state index is 11.2. The Morgan fingerprint density at radius 1 is 1.19 bits per heavy atom. The second-order valence-corrected chi connectivity index (χ2v) is 6.08. The molecule has 5 nitrogen and oxygen atoms in total. The first kappa shape index (κ1) is 14.3. The van der Waals surface area contributed by atoms with Crippen LogP contribution in [0.5, 0.6) is 0 Å². The molecule has 1 saturated carbocycles. The highest BCUT2D eigenvalue weighted by molar-refractivity contribution is 6.33. The van der Waals surface area contributed by atoms with E-state index in [9.17, 15) is 9.90 Å². The molecule has 0 unspecified atom stereocenters. The van der Waals surface area contributed by atoms with Gasteiger partial charge in [0, 0.05) is 12.1 Å². The largest absolute Gasteiger partial charge is 0.478 e. The van der Waals surface area contributed by atoms with Crippen molar-refractivity contribution in [3.8, 4) is 0 Å². The van der Waals surface area contributed by atoms with Crippen molar-refractivity contribution >= 4 is 23.2 Å². The van der Waals surface area contributed by atoms with Crippen molar-refractivity contribution in [1.82, 2.24) is 14.6 Å². The van der Waals surface area contributed by atoms with Crippen molar-refractivity contribution in [2.75, 3.05) is 0 Å². The first-order chi connectivity index (χ1) is 10.2. The summed E-state index contributed by atoms with van der Waals surface area (Å²) >= 11 is 6.13. The summed E-state index contributed by atoms with van der Waals surface area (Å²) in [6, 6.07) is 1.43. The molecule has 0 atom stereocenters. The molecule has 0 bridgehead atoms. The molecule has 1 N–H and O–H groups in total. The molecule has 0 spiro atoms. The van der Waals surface area contributed by atoms with Crippen molar-refractivity contribution in [3.05, 3.63) is 28.7 Å². The standard InChI is InChI=1S/C15H18ClN3O2/c16-12-8-11(15(20)21)9-19-13(17-18-14(12)19)10-6-4-2-1-3-5-7-10/h8-10H,1-7H2,(H,20,21). The van der Waals surface area contributed by atoms with E-state index in [-0.39, 0.29) is 5.56 Å². The fraction of sp³-hybridized carbons (Fsp3) is 0.533. The van der Waals surface area contributed by atoms with Crippen LogP contribution in [0.1, 0.15) is 67.0 Å². The van der Waals surface area contributed by atoms with Crippen LogP contribution >= 0.6 is 11.6 Å². The number of carboxylic acid groups (broad SMARTS) is 1. The van der Waals surface area contributed by atoms with Crippen LogP contribution in [0.15, 0.2) is 12.3 Å². The Balaban J connectivity index is 2.03. The number of aromatic carboxylic acids is 1. The number of pyridine rings is 1. The zero-order chi connectivity index (χ0) is 14.8. The van der Waals surface area contributed by atoms with Crippen LogP contribution in [0.4, 0.5) is 0 Å². The zero-order valence-electron chi connectivity index (χ0n) is 11.8. The Labute approximate surface area is 127 Å². The fourth-order valence-corrected chi connectivity index (χ4v) is 3.33. The van der Waals surface area contributed by atoms with Gasteiger partial charge in [0.05, 0.1) is 10.6 Å². The van der Waals surface area contributed by atoms with Gasteiger partial charge in [0.1, 0.15) is 5.82 Å². The number of nitrogens with zero attached hydrogens (tertiary/aromatic N) is 3. The second kappa shape index (κ2) is 6.02. The summed E-state index contributed by atoms with van der Waals surface area (Å²) in [4.78, 5) is 11.2. The SMILES string of the molecule is O=C(O)c1cc(Cl)c2nnc(C3CCCCCCC3)n2c1. The lowest BCUT2D eigenvalue weighted by Gasteiger charge is -2.18. The molecular formula is C15H18ClN3O2. The molecule has 112 valence electrons. The number of carbonyl (C=O) groups is 1. The van der Waals surface area contributed by atoms with Gasteiger partial charge >= 0.3 is 5.97 Å². The zero-order valence-corrected chi connectivity index (χ0v) is 12.5. The average Bonchev–Trinajstić information content (AvgIpc) is 2.83. The summed E-state index contributed by atoms with van der Waals surface area (Å²) < 4.78 is 1.76. The minimum atomic E-state index is -0.990. The van der Waals surface area contributed by atoms with E-state index >= 15 is 0 Å². The van der Waals surface area contributed by atoms with Gasteiger partial charge in [-0.2, -0.15) is 0 Å². The number of hydrogen-bond donors (Lipinski definition) is 1. The van der Waals surface area contributed by atoms with Crippen LogP contribution in [-0.4, -0.2) is 25.7 Å². The number of halogens is 1. The smallest absolute Gasteiger partial charge is 0.337 e. The Bertz CT molecular complexity index is 660. The van der Waals surface area contributed by atoms with Gasteiger partial charge in [-0.15, -0.1) is 10.2 Å². The lowest BCUT2D eigenvalue weighted by molar-refractivity contribution is 0.0696. The normalized spacial score (nSPS) is 17.6. The summed E-state index contributed by atoms with van der Waals surface area (Å²) in [5.41, 5.74) is 0.707. The summed E-state index contributed by atoms with van der Waals surface area (Å²) in [6.45, 7) is 0. The number of aromatic nitrogens is 3. The highest BCUT2D eigenvalue weighted by atomic mass is 35.5. The molecule has 21 heavy (non-hydrogen) atoms. The molecule has 0 amide bonds. The van der Waals surface area contributed by atoms with Gasteiger partial charge in [-0.05, 0) is 18.9 Å². The number of hydrogen-bond acceptors (Lipinski definition) is 3. The van der Waals surface area contributed by atoms with E-state index in [1.165, 1.54) is 38.2 Å². The maximum absolute atomic E-state index is 11.2. The lowest BCUT2D eigenvalue weighted by atomic mass is 9.90. The van der Waals surface area contributed by atoms with Crippen molar-refractivity contribution < 1.29 is 9.90 Å². The van der Waals surface area contributed by atoms with Crippen LogP contribution in [0.3, 0.4) is 0 Å². The highest BCUT2D eigenvalue weighted by Crippen LogP contribution is 2.31. The maximum Gasteiger partial charge on any atom is 0.337 e. The first-order valence-electron chi connectivity index (χ1n) is 7.44. The quantitative estimate of drug-likeness (QED) is 0.913. The van der Waals surface area contributed by atoms with Gasteiger partial charge in [0.2, 0.25) is 0 Å². The molecule has 3 rings (SSSR count). The summed E-state index contributed by atoms with van der Waals surface area (Å²) in [5, 5.41) is 17.9. The van der Waals surface area contributed by atoms with Crippen LogP contribution in [0.25, 0.3) is 5.65 Å². The Hall–Kier alpha value is -1.62. The molecule has 0 saturated heterocycles. The van der Waals surface area contributed by atoms with Crippen LogP contribution in [0, 0.1) is 0 Å². The third-order valence-corrected chi connectivity index (χ3v) is 4.48. The predicted molar refractivity (Wildman–Crippen MR) is 80.0 cm³/mol. The number of rotatable bonds is 2. The van der Waals surface area contributed by atoms with E-state index in [4.69, 9.17) is 11.6 Å². The van der Waals surface area contributed by atoms with Gasteiger partial charge in [-0.3, -0.25) is 4.40 Å². The van der Waals surface area contributed by atoms with Crippen molar-refractivity contribution in [2.24, 2.45) is 0 Å². The summed E-state index contributed by atoms with van der Waals surface area (Å²) in [5.74, 6) is 0.188. The molecule has 0 radical (unpaired) electrons. The predicted octanol–water partition coefficient (Wildman–Crippen LogP) is 3.91. The monoisotopic (exact) mass is 307 g/mol. The van der Waals surface area contributed by atoms with Gasteiger partial charge in [0.15, 0.2) is 5.65 Å². The van der Waals surface area contributed by atoms with E-state index in [2.05, 4.69) is 10.2 Å². The first-order valence-corrected chi connectivity index (χ1v) is 7.82. The summed E-state index contributed by atoms with van der Waals surface area (Å²) in [7, 11) is 0. The van der Waals surface area contributed by atoms with Crippen molar-refractivity contribution in [1.29, 1.82) is 0 Å². The third kappa shape index (κ3) is 2.88. The molecular weight excluding hydrogens is 290 g/mol. The number of fused-ring (bicyclic) bond motifs is 1. The highest BCUT2D eigenvalue weighted by Gasteiger charge is 2.21. The molecule has 2 heterocycles. The Morgan fingerprint density at radius 2 is 1.86 bits per heavy atom. The van der Waals surface area contributed by atoms with E-state index in [0.29, 0.717) is 16.6 Å². The van der Waals surface area contributed by atoms with Gasteiger partial charge < -0.3 is 5.11 Å². The van der Waals surface area contributed by atoms with Crippen LogP contribution < -0.4 is 0 Å². The molecule has 0 aliphatic heterocycles. The fourth-order valence-electron chi connectivity index (χ4n) is 3.08. The second-order valence-electron chi connectivity index (χ2n) is 5.68. The molecule has 2 aromatic rings. The minimum absolute atomic E-state index is 0.166. The molecule has 0 aromatic carbocycles. The molecule has 1 aliphatic rings. The van der Waals surface area contributed by atoms with Crippen LogP contribution in [0.2, 0.25) is 5.02 Å². The van der Waals surface area contributed by atoms with Gasteiger partial charge in [0.25, 0.3) is 0 Å². The van der Waals surface area contributed by atoms with E-state index < -0.39 is 5.97 Å². The third-order valence-electron chi connectivity index (χ3n) is 4.20. The summed E-state index contributed by atoms with van der Waals surface area (Å²) in [6.07, 6.45) is 9.94. The Morgan fingerprint density at radius 3 is 2.52 bits per heavy atom. The molecule has 6 heteroatoms. The van der Waals surface area contributed by atoms with Gasteiger partial charge in [-0.1, -0.05) is 43.7 Å². The topological polar surface area (TPSA) is 67.5 Å². The Kier molecular flexibility index (Phi) is 4.10. The number of carboxylic acids is 1. The van der Waals surface area contributed by atoms with Crippen LogP contribution in [-0.2, 0) is 0 Å². The molecule has 1 aliphatic carbocycles. The van der Waals surface area contributed by atoms with E-state index in [1.807, 2.05) is 0 Å². The van der Waals surface area contributed by atoms with Crippen molar-refractivity contribution in [2.45, 2.75) is 50.9 Å². The molecule has 1 fully saturated rings. The molecule has 2 aromatic heterocycles. The lowest BCUT2D eigenvalue weighted by Crippen LogP contribution is -2.08. The van der Waals surface area contributed by atoms with E-state index in [0.717, 1.165) is 18.7 Å². The average molecular weight is 308 g/mol. The van der Waals surface area contributed by atoms with Crippen molar-refractivity contribution in [3.63, 3.8) is 0 Å².